The molecule has 0 unspecified atom stereocenters. The molecule has 0 radical (unpaired) electrons. The van der Waals surface area contributed by atoms with Crippen molar-refractivity contribution >= 4 is 61.8 Å². The number of thiophene rings is 1. The lowest BCUT2D eigenvalue weighted by atomic mass is 10.3. The Morgan fingerprint density at radius 2 is 1.69 bits per heavy atom. The molecule has 0 bridgehead atoms. The van der Waals surface area contributed by atoms with Gasteiger partial charge in [0, 0.05) is 12.4 Å². The van der Waals surface area contributed by atoms with Crippen molar-refractivity contribution in [2.24, 2.45) is 0 Å². The summed E-state index contributed by atoms with van der Waals surface area (Å²) in [6.07, 6.45) is 2.69. The van der Waals surface area contributed by atoms with Crippen LogP contribution in [0.1, 0.15) is 9.67 Å². The second-order valence-electron chi connectivity index (χ2n) is 5.01. The lowest BCUT2D eigenvalue weighted by Gasteiger charge is -2.11. The average molecular weight is 428 g/mol. The van der Waals surface area contributed by atoms with Gasteiger partial charge in [0.2, 0.25) is 0 Å². The van der Waals surface area contributed by atoms with Crippen molar-refractivity contribution in [1.82, 2.24) is 4.98 Å². The number of aromatic nitrogens is 1. The third kappa shape index (κ3) is 3.99. The molecule has 134 valence electrons. The molecule has 1 amide bonds. The molecule has 2 aromatic heterocycles. The Bertz CT molecular complexity index is 1030. The van der Waals surface area contributed by atoms with E-state index in [4.69, 9.17) is 23.2 Å². The number of nitrogens with one attached hydrogen (secondary N) is 2. The van der Waals surface area contributed by atoms with Crippen molar-refractivity contribution in [2.75, 3.05) is 10.0 Å². The highest BCUT2D eigenvalue weighted by atomic mass is 35.5. The van der Waals surface area contributed by atoms with Gasteiger partial charge in [0.1, 0.15) is 4.88 Å². The second kappa shape index (κ2) is 7.63. The molecule has 3 rings (SSSR count). The lowest BCUT2D eigenvalue weighted by molar-refractivity contribution is 0.103. The molecule has 0 saturated carbocycles. The molecule has 0 saturated heterocycles. The summed E-state index contributed by atoms with van der Waals surface area (Å²) in [6, 6.07) is 9.38. The maximum atomic E-state index is 12.5. The van der Waals surface area contributed by atoms with Crippen LogP contribution in [-0.4, -0.2) is 19.3 Å². The summed E-state index contributed by atoms with van der Waals surface area (Å²) in [4.78, 5) is 16.6. The van der Waals surface area contributed by atoms with Crippen molar-refractivity contribution in [2.45, 2.75) is 4.90 Å². The molecule has 0 aliphatic rings. The van der Waals surface area contributed by atoms with E-state index < -0.39 is 15.9 Å². The van der Waals surface area contributed by atoms with Gasteiger partial charge < -0.3 is 5.32 Å². The van der Waals surface area contributed by atoms with E-state index in [2.05, 4.69) is 15.0 Å². The summed E-state index contributed by atoms with van der Waals surface area (Å²) in [5, 5.41) is 4.53. The first-order valence-electron chi connectivity index (χ1n) is 7.14. The molecular formula is C16H11Cl2N3O3S2. The number of sulfonamides is 1. The molecule has 0 atom stereocenters. The number of carbonyl (C=O) groups is 1. The fourth-order valence-electron chi connectivity index (χ4n) is 2.07. The predicted octanol–water partition coefficient (Wildman–Crippen LogP) is 4.50. The molecule has 10 heteroatoms. The first-order chi connectivity index (χ1) is 12.4. The number of benzene rings is 1. The highest BCUT2D eigenvalue weighted by Crippen LogP contribution is 2.31. The molecule has 2 heterocycles. The summed E-state index contributed by atoms with van der Waals surface area (Å²) in [5.74, 6) is -0.541. The highest BCUT2D eigenvalue weighted by molar-refractivity contribution is 7.92. The molecule has 1 aromatic carbocycles. The van der Waals surface area contributed by atoms with E-state index in [9.17, 15) is 13.2 Å². The fourth-order valence-corrected chi connectivity index (χ4v) is 4.43. The van der Waals surface area contributed by atoms with Crippen LogP contribution in [0.5, 0.6) is 0 Å². The van der Waals surface area contributed by atoms with Crippen LogP contribution < -0.4 is 10.0 Å². The van der Waals surface area contributed by atoms with Crippen LogP contribution in [0.15, 0.2) is 59.1 Å². The van der Waals surface area contributed by atoms with E-state index in [1.54, 1.807) is 23.6 Å². The molecule has 0 aliphatic carbocycles. The van der Waals surface area contributed by atoms with E-state index in [1.807, 2.05) is 0 Å². The minimum atomic E-state index is -3.81. The number of hydrogen-bond donors (Lipinski definition) is 2. The summed E-state index contributed by atoms with van der Waals surface area (Å²) in [6.45, 7) is 0. The Kier molecular flexibility index (Phi) is 5.47. The fraction of sp³-hybridized carbons (Fsp3) is 0. The van der Waals surface area contributed by atoms with Crippen LogP contribution in [0.25, 0.3) is 0 Å². The third-order valence-electron chi connectivity index (χ3n) is 3.26. The van der Waals surface area contributed by atoms with Crippen molar-refractivity contribution in [3.8, 4) is 0 Å². The van der Waals surface area contributed by atoms with Crippen LogP contribution in [0.2, 0.25) is 10.0 Å². The van der Waals surface area contributed by atoms with Gasteiger partial charge >= 0.3 is 0 Å². The van der Waals surface area contributed by atoms with Gasteiger partial charge in [0.05, 0.1) is 26.3 Å². The largest absolute Gasteiger partial charge is 0.319 e. The van der Waals surface area contributed by atoms with Gasteiger partial charge in [-0.2, -0.15) is 0 Å². The Balaban J connectivity index is 1.86. The van der Waals surface area contributed by atoms with Gasteiger partial charge in [-0.3, -0.25) is 14.5 Å². The van der Waals surface area contributed by atoms with Crippen LogP contribution in [0.3, 0.4) is 0 Å². The monoisotopic (exact) mass is 427 g/mol. The Hall–Kier alpha value is -2.13. The smallest absolute Gasteiger partial charge is 0.267 e. The summed E-state index contributed by atoms with van der Waals surface area (Å²) < 4.78 is 27.3. The molecular weight excluding hydrogens is 417 g/mol. The van der Waals surface area contributed by atoms with Crippen LogP contribution in [-0.2, 0) is 10.0 Å². The molecule has 0 spiro atoms. The van der Waals surface area contributed by atoms with Gasteiger partial charge in [0.25, 0.3) is 15.9 Å². The molecule has 2 N–H and O–H groups in total. The summed E-state index contributed by atoms with van der Waals surface area (Å²) >= 11 is 13.1. The zero-order valence-electron chi connectivity index (χ0n) is 12.9. The maximum Gasteiger partial charge on any atom is 0.267 e. The Morgan fingerprint density at radius 3 is 2.35 bits per heavy atom. The van der Waals surface area contributed by atoms with Crippen LogP contribution >= 0.6 is 34.5 Å². The standard InChI is InChI=1S/C16H11Cl2N3O3S2/c17-11-8-19-9-12(18)14(11)20-16(22)15-13(6-7-25-15)21-26(23,24)10-4-2-1-3-5-10/h1-9,21H,(H,19,20,22). The molecule has 0 fully saturated rings. The van der Waals surface area contributed by atoms with E-state index in [0.717, 1.165) is 11.3 Å². The second-order valence-corrected chi connectivity index (χ2v) is 8.43. The molecule has 0 aliphatic heterocycles. The number of hydrogen-bond acceptors (Lipinski definition) is 5. The average Bonchev–Trinajstić information content (AvgIpc) is 3.06. The van der Waals surface area contributed by atoms with Crippen LogP contribution in [0.4, 0.5) is 11.4 Å². The van der Waals surface area contributed by atoms with E-state index >= 15 is 0 Å². The van der Waals surface area contributed by atoms with E-state index in [0.29, 0.717) is 0 Å². The van der Waals surface area contributed by atoms with Crippen molar-refractivity contribution < 1.29 is 13.2 Å². The van der Waals surface area contributed by atoms with E-state index in [-0.39, 0.29) is 31.2 Å². The number of nitrogens with zero attached hydrogens (tertiary/aromatic N) is 1. The molecule has 26 heavy (non-hydrogen) atoms. The van der Waals surface area contributed by atoms with Crippen molar-refractivity contribution in [3.05, 3.63) is 69.1 Å². The van der Waals surface area contributed by atoms with Gasteiger partial charge in [0.15, 0.2) is 0 Å². The van der Waals surface area contributed by atoms with Gasteiger partial charge in [-0.1, -0.05) is 41.4 Å². The number of anilines is 2. The quantitative estimate of drug-likeness (QED) is 0.626. The summed E-state index contributed by atoms with van der Waals surface area (Å²) in [5.41, 5.74) is 0.372. The molecule has 3 aromatic rings. The van der Waals surface area contributed by atoms with Gasteiger partial charge in [-0.15, -0.1) is 11.3 Å². The van der Waals surface area contributed by atoms with Crippen molar-refractivity contribution in [1.29, 1.82) is 0 Å². The van der Waals surface area contributed by atoms with Gasteiger partial charge in [-0.05, 0) is 23.6 Å². The topological polar surface area (TPSA) is 88.2 Å². The zero-order chi connectivity index (χ0) is 18.7. The lowest BCUT2D eigenvalue weighted by Crippen LogP contribution is -2.17. The van der Waals surface area contributed by atoms with Crippen LogP contribution in [0, 0.1) is 0 Å². The minimum Gasteiger partial charge on any atom is -0.319 e. The number of halogens is 2. The minimum absolute atomic E-state index is 0.0952. The SMILES string of the molecule is O=C(Nc1c(Cl)cncc1Cl)c1sccc1NS(=O)(=O)c1ccccc1. The normalized spacial score (nSPS) is 11.2. The zero-order valence-corrected chi connectivity index (χ0v) is 16.1. The maximum absolute atomic E-state index is 12.5. The number of rotatable bonds is 5. The summed E-state index contributed by atoms with van der Waals surface area (Å²) in [7, 11) is -3.81. The Morgan fingerprint density at radius 1 is 1.04 bits per heavy atom. The van der Waals surface area contributed by atoms with Crippen molar-refractivity contribution in [3.63, 3.8) is 0 Å². The first kappa shape index (κ1) is 18.7. The highest BCUT2D eigenvalue weighted by Gasteiger charge is 2.21. The van der Waals surface area contributed by atoms with E-state index in [1.165, 1.54) is 30.6 Å². The number of amides is 1. The predicted molar refractivity (Wildman–Crippen MR) is 104 cm³/mol. The van der Waals surface area contributed by atoms with Gasteiger partial charge in [-0.25, -0.2) is 8.42 Å². The number of pyridine rings is 1. The Labute approximate surface area is 163 Å². The molecule has 6 nitrogen and oxygen atoms in total. The third-order valence-corrected chi connectivity index (χ3v) is 6.13. The number of carbonyl (C=O) groups excluding carboxylic acids is 1. The first-order valence-corrected chi connectivity index (χ1v) is 10.3.